The van der Waals surface area contributed by atoms with Gasteiger partial charge in [0.15, 0.2) is 0 Å². The van der Waals surface area contributed by atoms with E-state index in [0.29, 0.717) is 30.0 Å². The van der Waals surface area contributed by atoms with Gasteiger partial charge in [-0.25, -0.2) is 0 Å². The number of carbonyl (C=O) groups excluding carboxylic acids is 2. The summed E-state index contributed by atoms with van der Waals surface area (Å²) in [6, 6.07) is 0. The molecule has 0 aromatic rings. The maximum absolute atomic E-state index is 12.6. The van der Waals surface area contributed by atoms with Crippen LogP contribution in [0, 0.1) is 34.0 Å². The standard InChI is InChI=1S/C22H34O3/c1-19(2)14-8-11-21(4)15(20(14,3)12-9-17(19)23)6-7-16(21)22(5)13-10-18(24)25-22/h14-16H,6-13H2,1-5H3/t14?,15?,16?,20-,21+,22?/m0/s1. The zero-order chi connectivity index (χ0) is 18.3. The molecule has 3 heteroatoms. The van der Waals surface area contributed by atoms with Gasteiger partial charge in [0.1, 0.15) is 11.4 Å². The summed E-state index contributed by atoms with van der Waals surface area (Å²) >= 11 is 0. The van der Waals surface area contributed by atoms with Crippen molar-refractivity contribution in [3.63, 3.8) is 0 Å². The monoisotopic (exact) mass is 346 g/mol. The first-order valence-electron chi connectivity index (χ1n) is 10.3. The average molecular weight is 347 g/mol. The van der Waals surface area contributed by atoms with Crippen LogP contribution in [0.1, 0.15) is 86.0 Å². The van der Waals surface area contributed by atoms with Crippen molar-refractivity contribution in [2.24, 2.45) is 34.0 Å². The molecule has 1 saturated heterocycles. The van der Waals surface area contributed by atoms with Crippen molar-refractivity contribution in [1.29, 1.82) is 0 Å². The second kappa shape index (κ2) is 5.10. The van der Waals surface area contributed by atoms with Crippen molar-refractivity contribution in [3.05, 3.63) is 0 Å². The van der Waals surface area contributed by atoms with Gasteiger partial charge >= 0.3 is 5.97 Å². The summed E-state index contributed by atoms with van der Waals surface area (Å²) in [5.41, 5.74) is 0.0269. The van der Waals surface area contributed by atoms with E-state index in [1.165, 1.54) is 19.3 Å². The van der Waals surface area contributed by atoms with Gasteiger partial charge in [0, 0.05) is 24.2 Å². The SMILES string of the molecule is CC1(C2CCC3[C@@]2(C)CCC2C(C)(C)C(=O)CC[C@@]23C)CCC(=O)O1. The van der Waals surface area contributed by atoms with Gasteiger partial charge in [-0.05, 0) is 68.1 Å². The molecule has 140 valence electrons. The molecule has 3 aliphatic carbocycles. The van der Waals surface area contributed by atoms with Crippen molar-refractivity contribution in [1.82, 2.24) is 0 Å². The van der Waals surface area contributed by atoms with Crippen molar-refractivity contribution in [2.45, 2.75) is 91.6 Å². The molecular formula is C22H34O3. The van der Waals surface area contributed by atoms with E-state index in [1.54, 1.807) is 0 Å². The highest BCUT2D eigenvalue weighted by Gasteiger charge is 2.66. The molecule has 0 radical (unpaired) electrons. The van der Waals surface area contributed by atoms with Crippen molar-refractivity contribution >= 4 is 11.8 Å². The van der Waals surface area contributed by atoms with Gasteiger partial charge in [0.05, 0.1) is 0 Å². The number of carbonyl (C=O) groups is 2. The summed E-state index contributed by atoms with van der Waals surface area (Å²) in [5, 5.41) is 0. The summed E-state index contributed by atoms with van der Waals surface area (Å²) < 4.78 is 5.88. The minimum Gasteiger partial charge on any atom is -0.459 e. The van der Waals surface area contributed by atoms with E-state index < -0.39 is 0 Å². The molecule has 0 N–H and O–H groups in total. The summed E-state index contributed by atoms with van der Waals surface area (Å²) in [6.45, 7) is 11.5. The van der Waals surface area contributed by atoms with E-state index in [4.69, 9.17) is 4.74 Å². The fourth-order valence-electron chi connectivity index (χ4n) is 8.09. The Morgan fingerprint density at radius 2 is 1.40 bits per heavy atom. The van der Waals surface area contributed by atoms with E-state index in [2.05, 4.69) is 34.6 Å². The maximum atomic E-state index is 12.6. The smallest absolute Gasteiger partial charge is 0.306 e. The van der Waals surface area contributed by atoms with Crippen LogP contribution in [0.3, 0.4) is 0 Å². The molecule has 4 rings (SSSR count). The lowest BCUT2D eigenvalue weighted by molar-refractivity contribution is -0.173. The van der Waals surface area contributed by atoms with Crippen LogP contribution in [0.4, 0.5) is 0 Å². The predicted octanol–water partition coefficient (Wildman–Crippen LogP) is 4.92. The first kappa shape index (κ1) is 17.5. The second-order valence-corrected chi connectivity index (χ2v) is 10.7. The number of ether oxygens (including phenoxy) is 1. The van der Waals surface area contributed by atoms with Gasteiger partial charge in [-0.15, -0.1) is 0 Å². The molecule has 0 amide bonds. The van der Waals surface area contributed by atoms with Crippen LogP contribution in [0.5, 0.6) is 0 Å². The quantitative estimate of drug-likeness (QED) is 0.633. The van der Waals surface area contributed by atoms with Crippen LogP contribution in [-0.2, 0) is 14.3 Å². The van der Waals surface area contributed by atoms with Crippen LogP contribution >= 0.6 is 0 Å². The van der Waals surface area contributed by atoms with Gasteiger partial charge in [-0.2, -0.15) is 0 Å². The number of Topliss-reactive ketones (excluding diaryl/α,β-unsaturated/α-hetero) is 1. The van der Waals surface area contributed by atoms with E-state index in [-0.39, 0.29) is 27.8 Å². The van der Waals surface area contributed by atoms with Gasteiger partial charge in [-0.1, -0.05) is 27.7 Å². The first-order valence-corrected chi connectivity index (χ1v) is 10.3. The normalized spacial score (nSPS) is 51.8. The number of hydrogen-bond donors (Lipinski definition) is 0. The van der Waals surface area contributed by atoms with E-state index in [9.17, 15) is 9.59 Å². The zero-order valence-electron chi connectivity index (χ0n) is 16.6. The van der Waals surface area contributed by atoms with E-state index in [1.807, 2.05) is 0 Å². The highest BCUT2D eigenvalue weighted by Crippen LogP contribution is 2.71. The molecule has 3 nitrogen and oxygen atoms in total. The van der Waals surface area contributed by atoms with Crippen molar-refractivity contribution < 1.29 is 14.3 Å². The van der Waals surface area contributed by atoms with Crippen LogP contribution in [-0.4, -0.2) is 17.4 Å². The lowest BCUT2D eigenvalue weighted by Crippen LogP contribution is -2.58. The number of rotatable bonds is 1. The molecule has 0 bridgehead atoms. The van der Waals surface area contributed by atoms with Gasteiger partial charge < -0.3 is 4.74 Å². The third-order valence-electron chi connectivity index (χ3n) is 9.29. The third-order valence-corrected chi connectivity index (χ3v) is 9.29. The lowest BCUT2D eigenvalue weighted by Gasteiger charge is -2.62. The Kier molecular flexibility index (Phi) is 3.58. The Labute approximate surface area is 152 Å². The molecule has 1 aliphatic heterocycles. The number of esters is 1. The summed E-state index contributed by atoms with van der Waals surface area (Å²) in [4.78, 5) is 24.4. The highest BCUT2D eigenvalue weighted by atomic mass is 16.6. The molecule has 4 unspecified atom stereocenters. The summed E-state index contributed by atoms with van der Waals surface area (Å²) in [7, 11) is 0. The van der Waals surface area contributed by atoms with Crippen LogP contribution in [0.2, 0.25) is 0 Å². The predicted molar refractivity (Wildman–Crippen MR) is 96.9 cm³/mol. The molecule has 3 saturated carbocycles. The van der Waals surface area contributed by atoms with Gasteiger partial charge in [0.25, 0.3) is 0 Å². The Hall–Kier alpha value is -0.860. The summed E-state index contributed by atoms with van der Waals surface area (Å²) in [6.07, 6.45) is 7.95. The Morgan fingerprint density at radius 3 is 2.04 bits per heavy atom. The number of fused-ring (bicyclic) bond motifs is 3. The average Bonchev–Trinajstić information content (AvgIpc) is 3.05. The minimum atomic E-state index is -0.274. The number of ketones is 1. The van der Waals surface area contributed by atoms with Crippen LogP contribution in [0.15, 0.2) is 0 Å². The second-order valence-electron chi connectivity index (χ2n) is 10.7. The highest BCUT2D eigenvalue weighted by molar-refractivity contribution is 5.85. The third kappa shape index (κ3) is 2.16. The van der Waals surface area contributed by atoms with E-state index >= 15 is 0 Å². The van der Waals surface area contributed by atoms with Gasteiger partial charge in [-0.3, -0.25) is 9.59 Å². The minimum absolute atomic E-state index is 0.0150. The molecular weight excluding hydrogens is 312 g/mol. The molecule has 0 aromatic carbocycles. The molecule has 1 heterocycles. The first-order chi connectivity index (χ1) is 11.5. The molecule has 4 aliphatic rings. The molecule has 0 spiro atoms. The van der Waals surface area contributed by atoms with Gasteiger partial charge in [0.2, 0.25) is 0 Å². The largest absolute Gasteiger partial charge is 0.459 e. The zero-order valence-corrected chi connectivity index (χ0v) is 16.6. The Morgan fingerprint density at radius 1 is 0.760 bits per heavy atom. The molecule has 25 heavy (non-hydrogen) atoms. The fraction of sp³-hybridized carbons (Fsp3) is 0.909. The van der Waals surface area contributed by atoms with Crippen LogP contribution in [0.25, 0.3) is 0 Å². The van der Waals surface area contributed by atoms with E-state index in [0.717, 1.165) is 25.7 Å². The number of cyclic esters (lactones) is 1. The topological polar surface area (TPSA) is 43.4 Å². The Balaban J connectivity index is 1.69. The fourth-order valence-corrected chi connectivity index (χ4v) is 8.09. The van der Waals surface area contributed by atoms with Crippen molar-refractivity contribution in [3.8, 4) is 0 Å². The maximum Gasteiger partial charge on any atom is 0.306 e. The number of hydrogen-bond acceptors (Lipinski definition) is 3. The molecule has 4 fully saturated rings. The Bertz CT molecular complexity index is 623. The summed E-state index contributed by atoms with van der Waals surface area (Å²) in [5.74, 6) is 2.06. The van der Waals surface area contributed by atoms with Crippen LogP contribution < -0.4 is 0 Å². The molecule has 0 aromatic heterocycles. The lowest BCUT2D eigenvalue weighted by atomic mass is 9.42. The molecule has 6 atom stereocenters. The van der Waals surface area contributed by atoms with Crippen molar-refractivity contribution in [2.75, 3.05) is 0 Å².